The van der Waals surface area contributed by atoms with Gasteiger partial charge in [-0.15, -0.1) is 0 Å². The van der Waals surface area contributed by atoms with Crippen LogP contribution in [0, 0.1) is 5.92 Å². The maximum absolute atomic E-state index is 13.2. The minimum atomic E-state index is -0.0193. The molecule has 26 heavy (non-hydrogen) atoms. The van der Waals surface area contributed by atoms with E-state index in [1.807, 2.05) is 58.2 Å². The number of amides is 1. The molecule has 6 nitrogen and oxygen atoms in total. The molecule has 1 amide bonds. The van der Waals surface area contributed by atoms with E-state index in [1.54, 1.807) is 0 Å². The molecule has 0 bridgehead atoms. The first-order chi connectivity index (χ1) is 12.6. The van der Waals surface area contributed by atoms with Crippen LogP contribution in [0.15, 0.2) is 48.7 Å². The van der Waals surface area contributed by atoms with Crippen LogP contribution in [-0.2, 0) is 13.1 Å². The zero-order valence-corrected chi connectivity index (χ0v) is 15.2. The molecule has 0 spiro atoms. The molecule has 1 atom stereocenters. The Kier molecular flexibility index (Phi) is 4.42. The predicted octanol–water partition coefficient (Wildman–Crippen LogP) is 2.27. The summed E-state index contributed by atoms with van der Waals surface area (Å²) >= 11 is 0. The number of aromatic nitrogens is 3. The van der Waals surface area contributed by atoms with E-state index >= 15 is 0 Å². The molecule has 0 aliphatic carbocycles. The van der Waals surface area contributed by atoms with Gasteiger partial charge in [0.1, 0.15) is 5.69 Å². The Hall–Kier alpha value is -2.73. The van der Waals surface area contributed by atoms with Crippen molar-refractivity contribution < 1.29 is 4.79 Å². The molecule has 1 aliphatic rings. The minimum Gasteiger partial charge on any atom is -0.331 e. The van der Waals surface area contributed by atoms with E-state index in [-0.39, 0.29) is 5.91 Å². The molecule has 6 heteroatoms. The molecule has 2 aromatic heterocycles. The smallest absolute Gasteiger partial charge is 0.272 e. The fourth-order valence-corrected chi connectivity index (χ4v) is 3.67. The summed E-state index contributed by atoms with van der Waals surface area (Å²) in [5, 5.41) is 5.47. The van der Waals surface area contributed by atoms with Crippen molar-refractivity contribution in [1.82, 2.24) is 24.6 Å². The molecule has 0 saturated heterocycles. The zero-order chi connectivity index (χ0) is 18.1. The molecule has 3 aromatic rings. The number of hydrogen-bond acceptors (Lipinski definition) is 4. The normalized spacial score (nSPS) is 17.3. The number of fused-ring (bicyclic) bond motifs is 2. The Morgan fingerprint density at radius 1 is 1.15 bits per heavy atom. The topological polar surface area (TPSA) is 54.3 Å². The number of carbonyl (C=O) groups is 1. The third kappa shape index (κ3) is 3.32. The summed E-state index contributed by atoms with van der Waals surface area (Å²) in [5.41, 5.74) is 2.42. The average molecular weight is 349 g/mol. The predicted molar refractivity (Wildman–Crippen MR) is 101 cm³/mol. The number of para-hydroxylation sites is 1. The third-order valence-corrected chi connectivity index (χ3v) is 4.80. The summed E-state index contributed by atoms with van der Waals surface area (Å²) in [6.45, 7) is 3.01. The van der Waals surface area contributed by atoms with Gasteiger partial charge >= 0.3 is 0 Å². The zero-order valence-electron chi connectivity index (χ0n) is 15.2. The lowest BCUT2D eigenvalue weighted by atomic mass is 10.1. The summed E-state index contributed by atoms with van der Waals surface area (Å²) in [7, 11) is 4.12. The van der Waals surface area contributed by atoms with Gasteiger partial charge in [0.05, 0.1) is 17.8 Å². The highest BCUT2D eigenvalue weighted by atomic mass is 16.2. The minimum absolute atomic E-state index is 0.0193. The molecule has 1 aliphatic heterocycles. The number of rotatable bonds is 3. The van der Waals surface area contributed by atoms with Crippen LogP contribution in [0.3, 0.4) is 0 Å². The van der Waals surface area contributed by atoms with Crippen LogP contribution >= 0.6 is 0 Å². The van der Waals surface area contributed by atoms with Crippen molar-refractivity contribution in [2.24, 2.45) is 5.92 Å². The summed E-state index contributed by atoms with van der Waals surface area (Å²) in [4.78, 5) is 21.8. The standard InChI is InChI=1S/C20H23N5O/c1-23(2)11-15-12-24(14-17-9-10-21-25(17)13-15)20(26)19-8-7-16-5-3-4-6-18(16)22-19/h3-10,15H,11-14H2,1-2H3/t15-/m1/s1. The van der Waals surface area contributed by atoms with Crippen molar-refractivity contribution in [2.75, 3.05) is 27.2 Å². The average Bonchev–Trinajstić information content (AvgIpc) is 2.99. The SMILES string of the molecule is CN(C)C[C@@H]1CN(C(=O)c2ccc3ccccc3n2)Cc2ccnn2C1. The number of pyridine rings is 1. The van der Waals surface area contributed by atoms with Crippen molar-refractivity contribution in [3.8, 4) is 0 Å². The fourth-order valence-electron chi connectivity index (χ4n) is 3.67. The Bertz CT molecular complexity index is 933. The Morgan fingerprint density at radius 3 is 2.85 bits per heavy atom. The van der Waals surface area contributed by atoms with Gasteiger partial charge in [-0.1, -0.05) is 24.3 Å². The van der Waals surface area contributed by atoms with Crippen molar-refractivity contribution in [1.29, 1.82) is 0 Å². The number of hydrogen-bond donors (Lipinski definition) is 0. The van der Waals surface area contributed by atoms with Crippen LogP contribution in [0.2, 0.25) is 0 Å². The van der Waals surface area contributed by atoms with Crippen molar-refractivity contribution in [2.45, 2.75) is 13.1 Å². The van der Waals surface area contributed by atoms with E-state index in [2.05, 4.69) is 29.1 Å². The van der Waals surface area contributed by atoms with Gasteiger partial charge in [-0.05, 0) is 32.3 Å². The second-order valence-electron chi connectivity index (χ2n) is 7.21. The van der Waals surface area contributed by atoms with Gasteiger partial charge in [-0.3, -0.25) is 9.48 Å². The van der Waals surface area contributed by atoms with E-state index in [4.69, 9.17) is 0 Å². The lowest BCUT2D eigenvalue weighted by Crippen LogP contribution is -2.37. The van der Waals surface area contributed by atoms with Crippen LogP contribution < -0.4 is 0 Å². The van der Waals surface area contributed by atoms with Gasteiger partial charge in [0, 0.05) is 37.1 Å². The molecule has 4 rings (SSSR count). The molecule has 0 N–H and O–H groups in total. The van der Waals surface area contributed by atoms with E-state index < -0.39 is 0 Å². The monoisotopic (exact) mass is 349 g/mol. The van der Waals surface area contributed by atoms with E-state index in [1.165, 1.54) is 0 Å². The number of benzene rings is 1. The summed E-state index contributed by atoms with van der Waals surface area (Å²) in [6.07, 6.45) is 1.81. The Balaban J connectivity index is 1.64. The van der Waals surface area contributed by atoms with Gasteiger partial charge in [-0.2, -0.15) is 5.10 Å². The highest BCUT2D eigenvalue weighted by molar-refractivity contribution is 5.94. The maximum atomic E-state index is 13.2. The quantitative estimate of drug-likeness (QED) is 0.728. The van der Waals surface area contributed by atoms with Crippen molar-refractivity contribution in [3.05, 3.63) is 60.0 Å². The van der Waals surface area contributed by atoms with Gasteiger partial charge in [0.25, 0.3) is 5.91 Å². The molecule has 0 fully saturated rings. The fraction of sp³-hybridized carbons (Fsp3) is 0.350. The van der Waals surface area contributed by atoms with Crippen LogP contribution in [-0.4, -0.2) is 57.7 Å². The lowest BCUT2D eigenvalue weighted by Gasteiger charge is -2.25. The first kappa shape index (κ1) is 16.7. The lowest BCUT2D eigenvalue weighted by molar-refractivity contribution is 0.0706. The van der Waals surface area contributed by atoms with Crippen LogP contribution in [0.4, 0.5) is 0 Å². The number of nitrogens with zero attached hydrogens (tertiary/aromatic N) is 5. The van der Waals surface area contributed by atoms with Gasteiger partial charge in [0.2, 0.25) is 0 Å². The molecule has 134 valence electrons. The van der Waals surface area contributed by atoms with Gasteiger partial charge in [-0.25, -0.2) is 4.98 Å². The van der Waals surface area contributed by atoms with Crippen molar-refractivity contribution >= 4 is 16.8 Å². The maximum Gasteiger partial charge on any atom is 0.272 e. The summed E-state index contributed by atoms with van der Waals surface area (Å²) in [5.74, 6) is 0.310. The molecule has 0 saturated carbocycles. The largest absolute Gasteiger partial charge is 0.331 e. The number of carbonyl (C=O) groups excluding carboxylic acids is 1. The van der Waals surface area contributed by atoms with Gasteiger partial charge in [0.15, 0.2) is 0 Å². The van der Waals surface area contributed by atoms with Crippen LogP contribution in [0.1, 0.15) is 16.2 Å². The summed E-state index contributed by atoms with van der Waals surface area (Å²) < 4.78 is 2.02. The molecule has 0 radical (unpaired) electrons. The van der Waals surface area contributed by atoms with Crippen LogP contribution in [0.5, 0.6) is 0 Å². The van der Waals surface area contributed by atoms with Gasteiger partial charge < -0.3 is 9.80 Å². The second-order valence-corrected chi connectivity index (χ2v) is 7.21. The molecule has 0 unspecified atom stereocenters. The molecule has 3 heterocycles. The Labute approximate surface area is 153 Å². The molecular formula is C20H23N5O. The molecule has 1 aromatic carbocycles. The van der Waals surface area contributed by atoms with E-state index in [9.17, 15) is 4.79 Å². The highest BCUT2D eigenvalue weighted by Crippen LogP contribution is 2.19. The Morgan fingerprint density at radius 2 is 2.00 bits per heavy atom. The highest BCUT2D eigenvalue weighted by Gasteiger charge is 2.27. The van der Waals surface area contributed by atoms with E-state index in [0.29, 0.717) is 24.7 Å². The second kappa shape index (κ2) is 6.88. The first-order valence-electron chi connectivity index (χ1n) is 8.90. The summed E-state index contributed by atoms with van der Waals surface area (Å²) in [6, 6.07) is 13.7. The van der Waals surface area contributed by atoms with Crippen molar-refractivity contribution in [3.63, 3.8) is 0 Å². The first-order valence-corrected chi connectivity index (χ1v) is 8.90. The molecular weight excluding hydrogens is 326 g/mol. The third-order valence-electron chi connectivity index (χ3n) is 4.80. The van der Waals surface area contributed by atoms with Crippen LogP contribution in [0.25, 0.3) is 10.9 Å². The van der Waals surface area contributed by atoms with E-state index in [0.717, 1.165) is 29.7 Å².